The quantitative estimate of drug-likeness (QED) is 0.0611. The van der Waals surface area contributed by atoms with Crippen LogP contribution in [0.15, 0.2) is 164 Å². The van der Waals surface area contributed by atoms with Crippen molar-refractivity contribution in [3.63, 3.8) is 0 Å². The molecule has 6 nitrogen and oxygen atoms in total. The Kier molecular flexibility index (Phi) is 15.8. The topological polar surface area (TPSA) is 55.4 Å². The summed E-state index contributed by atoms with van der Waals surface area (Å²) < 4.78 is 77.1. The zero-order chi connectivity index (χ0) is 41.5. The van der Waals surface area contributed by atoms with Crippen molar-refractivity contribution in [1.29, 1.82) is 0 Å². The monoisotopic (exact) mass is 820 g/mol. The average molecular weight is 821 g/mol. The van der Waals surface area contributed by atoms with Crippen LogP contribution in [0, 0.1) is 0 Å². The SMILES string of the molecule is FC(F)(F)CO[C@@H]1CC[C@H](OCc2ccccc2)[C@@H](CC/C=C/CC[C@H]2O[C@H](OC(c3ccccc3)(c3ccccc3)c3ccccc3)CC[C@H]2OCc2ccccc2)O1. The lowest BCUT2D eigenvalue weighted by molar-refractivity contribution is -0.269. The molecule has 0 N–H and O–H groups in total. The van der Waals surface area contributed by atoms with Gasteiger partial charge in [-0.25, -0.2) is 0 Å². The second-order valence-corrected chi connectivity index (χ2v) is 15.5. The smallest absolute Gasteiger partial charge is 0.371 e. The molecule has 0 saturated carbocycles. The minimum atomic E-state index is -4.42. The standard InChI is InChI=1S/C51H55F3O6/c52-50(53,54)38-57-48-34-32-44(55-36-39-20-8-3-9-21-39)46(58-48)30-18-1-2-19-31-47-45(56-37-40-22-10-4-11-23-40)33-35-49(59-47)60-51(41-24-12-5-13-25-41,42-26-14-6-15-27-42)43-28-16-7-17-29-43/h1-17,20-29,44-49H,18-19,30-38H2/b2-1+/t44-,45+,46+,47+,48-,49+/m0/s1. The van der Waals surface area contributed by atoms with Crippen LogP contribution in [0.25, 0.3) is 0 Å². The number of halogens is 3. The van der Waals surface area contributed by atoms with Gasteiger partial charge < -0.3 is 28.4 Å². The first-order valence-electron chi connectivity index (χ1n) is 21.2. The van der Waals surface area contributed by atoms with Gasteiger partial charge in [0.15, 0.2) is 12.6 Å². The Morgan fingerprint density at radius 1 is 0.483 bits per heavy atom. The van der Waals surface area contributed by atoms with Crippen molar-refractivity contribution in [2.45, 2.75) is 113 Å². The highest BCUT2D eigenvalue weighted by Crippen LogP contribution is 2.43. The Labute approximate surface area is 352 Å². The third-order valence-electron chi connectivity index (χ3n) is 11.2. The molecule has 6 atom stereocenters. The fourth-order valence-electron chi connectivity index (χ4n) is 8.19. The molecule has 0 unspecified atom stereocenters. The number of hydrogen-bond donors (Lipinski definition) is 0. The molecular weight excluding hydrogens is 766 g/mol. The molecule has 7 rings (SSSR count). The lowest BCUT2D eigenvalue weighted by atomic mass is 9.80. The largest absolute Gasteiger partial charge is 0.411 e. The fourth-order valence-corrected chi connectivity index (χ4v) is 8.19. The van der Waals surface area contributed by atoms with Gasteiger partial charge in [0, 0.05) is 12.8 Å². The highest BCUT2D eigenvalue weighted by atomic mass is 19.4. The molecule has 2 aliphatic rings. The minimum absolute atomic E-state index is 0.134. The summed E-state index contributed by atoms with van der Waals surface area (Å²) in [6.45, 7) is -0.452. The normalized spacial score (nSPS) is 22.5. The van der Waals surface area contributed by atoms with E-state index in [0.717, 1.165) is 40.7 Å². The van der Waals surface area contributed by atoms with Gasteiger partial charge in [-0.3, -0.25) is 0 Å². The molecule has 316 valence electrons. The van der Waals surface area contributed by atoms with E-state index in [1.54, 1.807) is 0 Å². The van der Waals surface area contributed by atoms with Crippen molar-refractivity contribution >= 4 is 0 Å². The maximum Gasteiger partial charge on any atom is 0.411 e. The number of hydrogen-bond acceptors (Lipinski definition) is 6. The molecule has 0 radical (unpaired) electrons. The summed E-state index contributed by atoms with van der Waals surface area (Å²) in [5.74, 6) is 0. The second kappa shape index (κ2) is 21.8. The first-order chi connectivity index (χ1) is 29.4. The molecule has 2 saturated heterocycles. The number of alkyl halides is 3. The maximum absolute atomic E-state index is 13.0. The van der Waals surface area contributed by atoms with Gasteiger partial charge >= 0.3 is 6.18 Å². The number of benzene rings is 5. The molecule has 0 amide bonds. The molecule has 9 heteroatoms. The van der Waals surface area contributed by atoms with Crippen LogP contribution >= 0.6 is 0 Å². The van der Waals surface area contributed by atoms with Crippen LogP contribution in [0.1, 0.15) is 79.2 Å². The summed E-state index contributed by atoms with van der Waals surface area (Å²) in [5.41, 5.74) is 4.26. The van der Waals surface area contributed by atoms with E-state index in [4.69, 9.17) is 28.4 Å². The molecule has 5 aromatic rings. The Balaban J connectivity index is 1.03. The van der Waals surface area contributed by atoms with Gasteiger partial charge in [-0.15, -0.1) is 0 Å². The minimum Gasteiger partial charge on any atom is -0.371 e. The van der Waals surface area contributed by atoms with E-state index >= 15 is 0 Å². The Morgan fingerprint density at radius 2 is 0.867 bits per heavy atom. The number of rotatable bonds is 19. The Bertz CT molecular complexity index is 1880. The van der Waals surface area contributed by atoms with E-state index in [1.165, 1.54) is 0 Å². The fraction of sp³-hybridized carbons (Fsp3) is 0.373. The Hall–Kier alpha value is -4.61. The summed E-state index contributed by atoms with van der Waals surface area (Å²) in [7, 11) is 0. The molecule has 0 bridgehead atoms. The molecule has 0 spiro atoms. The van der Waals surface area contributed by atoms with Crippen LogP contribution in [-0.2, 0) is 47.2 Å². The van der Waals surface area contributed by atoms with E-state index in [0.29, 0.717) is 51.7 Å². The van der Waals surface area contributed by atoms with E-state index in [9.17, 15) is 13.2 Å². The first-order valence-corrected chi connectivity index (χ1v) is 21.2. The Morgan fingerprint density at radius 3 is 1.28 bits per heavy atom. The van der Waals surface area contributed by atoms with E-state index in [1.807, 2.05) is 103 Å². The first kappa shape index (κ1) is 43.5. The van der Waals surface area contributed by atoms with E-state index in [-0.39, 0.29) is 18.3 Å². The van der Waals surface area contributed by atoms with Crippen molar-refractivity contribution in [1.82, 2.24) is 0 Å². The molecule has 0 aliphatic carbocycles. The van der Waals surface area contributed by atoms with Gasteiger partial charge in [-0.05, 0) is 66.3 Å². The average Bonchev–Trinajstić information content (AvgIpc) is 3.29. The zero-order valence-corrected chi connectivity index (χ0v) is 33.9. The molecule has 0 aromatic heterocycles. The van der Waals surface area contributed by atoms with Gasteiger partial charge in [0.25, 0.3) is 0 Å². The van der Waals surface area contributed by atoms with Crippen LogP contribution in [0.5, 0.6) is 0 Å². The summed E-state index contributed by atoms with van der Waals surface area (Å²) in [6.07, 6.45) is 2.38. The van der Waals surface area contributed by atoms with Gasteiger partial charge in [0.2, 0.25) is 0 Å². The van der Waals surface area contributed by atoms with Gasteiger partial charge in [-0.1, -0.05) is 164 Å². The molecule has 2 aliphatic heterocycles. The molecule has 5 aromatic carbocycles. The molecule has 2 heterocycles. The molecular formula is C51H55F3O6. The van der Waals surface area contributed by atoms with Crippen molar-refractivity contribution in [3.8, 4) is 0 Å². The highest BCUT2D eigenvalue weighted by molar-refractivity contribution is 5.47. The van der Waals surface area contributed by atoms with Crippen LogP contribution < -0.4 is 0 Å². The maximum atomic E-state index is 13.0. The lowest BCUT2D eigenvalue weighted by Gasteiger charge is -2.43. The molecule has 60 heavy (non-hydrogen) atoms. The van der Waals surface area contributed by atoms with Crippen molar-refractivity contribution in [3.05, 3.63) is 192 Å². The molecule has 2 fully saturated rings. The summed E-state index contributed by atoms with van der Waals surface area (Å²) >= 11 is 0. The predicted octanol–water partition coefficient (Wildman–Crippen LogP) is 11.9. The third-order valence-corrected chi connectivity index (χ3v) is 11.2. The van der Waals surface area contributed by atoms with Crippen LogP contribution in [0.4, 0.5) is 13.2 Å². The van der Waals surface area contributed by atoms with Crippen molar-refractivity contribution < 1.29 is 41.6 Å². The van der Waals surface area contributed by atoms with Crippen LogP contribution in [0.2, 0.25) is 0 Å². The number of allylic oxidation sites excluding steroid dienone is 2. The van der Waals surface area contributed by atoms with E-state index < -0.39 is 37.1 Å². The summed E-state index contributed by atoms with van der Waals surface area (Å²) in [5, 5.41) is 0. The van der Waals surface area contributed by atoms with Crippen LogP contribution in [0.3, 0.4) is 0 Å². The second-order valence-electron chi connectivity index (χ2n) is 15.5. The summed E-state index contributed by atoms with van der Waals surface area (Å²) in [6, 6.07) is 51.0. The number of ether oxygens (including phenoxy) is 6. The summed E-state index contributed by atoms with van der Waals surface area (Å²) in [4.78, 5) is 0. The van der Waals surface area contributed by atoms with Gasteiger partial charge in [0.05, 0.1) is 37.6 Å². The van der Waals surface area contributed by atoms with Crippen molar-refractivity contribution in [2.24, 2.45) is 0 Å². The highest BCUT2D eigenvalue weighted by Gasteiger charge is 2.43. The van der Waals surface area contributed by atoms with E-state index in [2.05, 4.69) is 60.7 Å². The van der Waals surface area contributed by atoms with Gasteiger partial charge in [-0.2, -0.15) is 13.2 Å². The van der Waals surface area contributed by atoms with Crippen molar-refractivity contribution in [2.75, 3.05) is 6.61 Å². The lowest BCUT2D eigenvalue weighted by Crippen LogP contribution is -2.45. The predicted molar refractivity (Wildman–Crippen MR) is 226 cm³/mol. The third kappa shape index (κ3) is 12.2. The zero-order valence-electron chi connectivity index (χ0n) is 33.9. The van der Waals surface area contributed by atoms with Crippen LogP contribution in [-0.4, -0.2) is 49.8 Å². The van der Waals surface area contributed by atoms with Gasteiger partial charge in [0.1, 0.15) is 12.2 Å².